The second kappa shape index (κ2) is 7.74. The van der Waals surface area contributed by atoms with Gasteiger partial charge < -0.3 is 4.90 Å². The molecule has 0 amide bonds. The largest absolute Gasteiger partial charge is 0.370 e. The van der Waals surface area contributed by atoms with E-state index in [1.165, 1.54) is 30.5 Å². The van der Waals surface area contributed by atoms with Crippen LogP contribution < -0.4 is 4.90 Å². The molecule has 29 heavy (non-hydrogen) atoms. The highest BCUT2D eigenvalue weighted by molar-refractivity contribution is 7.91. The number of rotatable bonds is 3. The molecule has 8 heteroatoms. The van der Waals surface area contributed by atoms with Crippen LogP contribution in [0.25, 0.3) is 10.9 Å². The van der Waals surface area contributed by atoms with E-state index in [0.29, 0.717) is 30.1 Å². The van der Waals surface area contributed by atoms with E-state index in [1.807, 2.05) is 4.90 Å². The molecule has 1 aliphatic heterocycles. The fourth-order valence-electron chi connectivity index (χ4n) is 3.68. The second-order valence-electron chi connectivity index (χ2n) is 7.36. The Morgan fingerprint density at radius 3 is 2.52 bits per heavy atom. The molecule has 1 saturated heterocycles. The molecule has 0 bridgehead atoms. The molecule has 0 aliphatic carbocycles. The average Bonchev–Trinajstić information content (AvgIpc) is 2.70. The third-order valence-corrected chi connectivity index (χ3v) is 7.87. The van der Waals surface area contributed by atoms with Crippen molar-refractivity contribution in [2.75, 3.05) is 18.0 Å². The first kappa shape index (κ1) is 20.4. The first-order valence-corrected chi connectivity index (χ1v) is 11.6. The van der Waals surface area contributed by atoms with Gasteiger partial charge in [-0.3, -0.25) is 4.98 Å². The summed E-state index contributed by atoms with van der Waals surface area (Å²) in [5.74, 6) is 0.0822. The Labute approximate surface area is 179 Å². The van der Waals surface area contributed by atoms with Crippen LogP contribution in [0.5, 0.6) is 0 Å². The summed E-state index contributed by atoms with van der Waals surface area (Å²) in [6.07, 6.45) is 3.12. The molecule has 0 unspecified atom stereocenters. The van der Waals surface area contributed by atoms with Crippen LogP contribution in [-0.2, 0) is 9.84 Å². The van der Waals surface area contributed by atoms with Crippen molar-refractivity contribution in [2.45, 2.75) is 29.6 Å². The molecule has 4 rings (SSSR count). The number of piperidine rings is 1. The van der Waals surface area contributed by atoms with Crippen LogP contribution in [0.2, 0.25) is 10.0 Å². The highest BCUT2D eigenvalue weighted by atomic mass is 35.5. The number of aromatic nitrogens is 1. The van der Waals surface area contributed by atoms with Gasteiger partial charge in [-0.15, -0.1) is 0 Å². The van der Waals surface area contributed by atoms with Crippen molar-refractivity contribution in [1.29, 1.82) is 0 Å². The zero-order valence-electron chi connectivity index (χ0n) is 15.7. The molecule has 1 fully saturated rings. The number of anilines is 1. The van der Waals surface area contributed by atoms with E-state index in [0.717, 1.165) is 12.8 Å². The summed E-state index contributed by atoms with van der Waals surface area (Å²) in [4.78, 5) is 6.23. The standard InChI is InChI=1S/C21H19Cl2FN2O2S/c1-13-7-9-26(10-8-13)21-15-3-2-4-18(24)20(15)25-12-19(21)29(27,28)14-5-6-16(22)17(23)11-14/h2-6,11-13H,7-10H2,1H3. The Morgan fingerprint density at radius 1 is 1.10 bits per heavy atom. The van der Waals surface area contributed by atoms with Crippen molar-refractivity contribution in [1.82, 2.24) is 4.98 Å². The van der Waals surface area contributed by atoms with Gasteiger partial charge >= 0.3 is 0 Å². The summed E-state index contributed by atoms with van der Waals surface area (Å²) in [6.45, 7) is 3.57. The molecule has 1 aliphatic rings. The topological polar surface area (TPSA) is 50.3 Å². The quantitative estimate of drug-likeness (QED) is 0.507. The lowest BCUT2D eigenvalue weighted by molar-refractivity contribution is 0.437. The minimum absolute atomic E-state index is 0.0241. The number of hydrogen-bond acceptors (Lipinski definition) is 4. The maximum atomic E-state index is 14.4. The molecule has 0 spiro atoms. The van der Waals surface area contributed by atoms with Crippen molar-refractivity contribution in [2.24, 2.45) is 5.92 Å². The monoisotopic (exact) mass is 452 g/mol. The van der Waals surface area contributed by atoms with Gasteiger partial charge in [0.25, 0.3) is 0 Å². The number of nitrogens with zero attached hydrogens (tertiary/aromatic N) is 2. The van der Waals surface area contributed by atoms with Crippen molar-refractivity contribution in [3.05, 3.63) is 58.5 Å². The molecule has 2 heterocycles. The number of fused-ring (bicyclic) bond motifs is 1. The van der Waals surface area contributed by atoms with Crippen LogP contribution in [0.1, 0.15) is 19.8 Å². The lowest BCUT2D eigenvalue weighted by Crippen LogP contribution is -2.34. The van der Waals surface area contributed by atoms with Crippen molar-refractivity contribution >= 4 is 49.6 Å². The average molecular weight is 453 g/mol. The van der Waals surface area contributed by atoms with Crippen LogP contribution in [0.3, 0.4) is 0 Å². The Hall–Kier alpha value is -1.89. The highest BCUT2D eigenvalue weighted by Gasteiger charge is 2.29. The SMILES string of the molecule is CC1CCN(c2c(S(=O)(=O)c3ccc(Cl)c(Cl)c3)cnc3c(F)cccc23)CC1. The Balaban J connectivity index is 1.96. The maximum absolute atomic E-state index is 14.4. The number of halogens is 3. The smallest absolute Gasteiger partial charge is 0.210 e. The Kier molecular flexibility index (Phi) is 5.44. The van der Waals surface area contributed by atoms with Gasteiger partial charge in [-0.2, -0.15) is 0 Å². The molecular weight excluding hydrogens is 434 g/mol. The third-order valence-electron chi connectivity index (χ3n) is 5.38. The Bertz CT molecular complexity index is 1190. The third kappa shape index (κ3) is 3.69. The van der Waals surface area contributed by atoms with E-state index in [2.05, 4.69) is 11.9 Å². The summed E-state index contributed by atoms with van der Waals surface area (Å²) < 4.78 is 41.4. The van der Waals surface area contributed by atoms with Gasteiger partial charge in [0.2, 0.25) is 9.84 Å². The second-order valence-corrected chi connectivity index (χ2v) is 10.1. The van der Waals surface area contributed by atoms with Gasteiger partial charge in [-0.05, 0) is 43.0 Å². The highest BCUT2D eigenvalue weighted by Crippen LogP contribution is 2.39. The summed E-state index contributed by atoms with van der Waals surface area (Å²) in [5, 5.41) is 0.913. The van der Waals surface area contributed by atoms with Gasteiger partial charge in [0.05, 0.1) is 20.6 Å². The maximum Gasteiger partial charge on any atom is 0.210 e. The van der Waals surface area contributed by atoms with Gasteiger partial charge in [-0.25, -0.2) is 12.8 Å². The van der Waals surface area contributed by atoms with Crippen LogP contribution in [-0.4, -0.2) is 26.5 Å². The number of benzene rings is 2. The number of hydrogen-bond donors (Lipinski definition) is 0. The van der Waals surface area contributed by atoms with Crippen molar-refractivity contribution < 1.29 is 12.8 Å². The minimum atomic E-state index is -3.95. The summed E-state index contributed by atoms with van der Waals surface area (Å²) in [7, 11) is -3.95. The first-order valence-electron chi connectivity index (χ1n) is 9.31. The van der Waals surface area contributed by atoms with Crippen LogP contribution in [0, 0.1) is 11.7 Å². The van der Waals surface area contributed by atoms with Crippen LogP contribution in [0.15, 0.2) is 52.4 Å². The number of pyridine rings is 1. The zero-order valence-corrected chi connectivity index (χ0v) is 18.0. The molecule has 0 N–H and O–H groups in total. The molecule has 0 radical (unpaired) electrons. The fraction of sp³-hybridized carbons (Fsp3) is 0.286. The molecule has 0 atom stereocenters. The van der Waals surface area contributed by atoms with E-state index in [1.54, 1.807) is 12.1 Å². The van der Waals surface area contributed by atoms with E-state index in [-0.39, 0.29) is 25.4 Å². The van der Waals surface area contributed by atoms with Gasteiger partial charge in [0.1, 0.15) is 16.2 Å². The van der Waals surface area contributed by atoms with Crippen molar-refractivity contribution in [3.63, 3.8) is 0 Å². The lowest BCUT2D eigenvalue weighted by Gasteiger charge is -2.34. The molecule has 0 saturated carbocycles. The molecule has 4 nitrogen and oxygen atoms in total. The van der Waals surface area contributed by atoms with E-state index < -0.39 is 15.7 Å². The predicted molar refractivity (Wildman–Crippen MR) is 114 cm³/mol. The predicted octanol–water partition coefficient (Wildman–Crippen LogP) is 5.75. The van der Waals surface area contributed by atoms with E-state index in [9.17, 15) is 12.8 Å². The first-order chi connectivity index (χ1) is 13.8. The normalized spacial score (nSPS) is 15.8. The molecular formula is C21H19Cl2FN2O2S. The van der Waals surface area contributed by atoms with Crippen LogP contribution >= 0.6 is 23.2 Å². The lowest BCUT2D eigenvalue weighted by atomic mass is 9.98. The van der Waals surface area contributed by atoms with Gasteiger partial charge in [-0.1, -0.05) is 42.3 Å². The van der Waals surface area contributed by atoms with Crippen molar-refractivity contribution in [3.8, 4) is 0 Å². The van der Waals surface area contributed by atoms with Gasteiger partial charge in [0.15, 0.2) is 0 Å². The molecule has 2 aromatic carbocycles. The van der Waals surface area contributed by atoms with Gasteiger partial charge in [0, 0.05) is 24.7 Å². The van der Waals surface area contributed by atoms with Crippen LogP contribution in [0.4, 0.5) is 10.1 Å². The fourth-order valence-corrected chi connectivity index (χ4v) is 5.50. The number of para-hydroxylation sites is 1. The minimum Gasteiger partial charge on any atom is -0.370 e. The van der Waals surface area contributed by atoms with E-state index in [4.69, 9.17) is 23.2 Å². The summed E-state index contributed by atoms with van der Waals surface area (Å²) in [5.41, 5.74) is 0.654. The summed E-state index contributed by atoms with van der Waals surface area (Å²) >= 11 is 12.0. The zero-order chi connectivity index (χ0) is 20.8. The Morgan fingerprint density at radius 2 is 1.83 bits per heavy atom. The van der Waals surface area contributed by atoms with E-state index >= 15 is 0 Å². The molecule has 152 valence electrons. The molecule has 3 aromatic rings. The number of sulfone groups is 1. The molecule has 1 aromatic heterocycles. The summed E-state index contributed by atoms with van der Waals surface area (Å²) in [6, 6.07) is 8.81.